The second kappa shape index (κ2) is 5.24. The third kappa shape index (κ3) is 3.21. The van der Waals surface area contributed by atoms with E-state index in [2.05, 4.69) is 0 Å². The molecule has 0 aromatic heterocycles. The summed E-state index contributed by atoms with van der Waals surface area (Å²) < 4.78 is 30.1. The lowest BCUT2D eigenvalue weighted by Gasteiger charge is -2.17. The van der Waals surface area contributed by atoms with Gasteiger partial charge in [0.15, 0.2) is 5.79 Å². The molecule has 0 saturated carbocycles. The van der Waals surface area contributed by atoms with E-state index in [-0.39, 0.29) is 11.9 Å². The Kier molecular flexibility index (Phi) is 3.88. The first-order valence-electron chi connectivity index (χ1n) is 6.23. The number of ether oxygens (including phenoxy) is 3. The molecular weight excluding hydrogens is 235 g/mol. The van der Waals surface area contributed by atoms with Crippen LogP contribution in [0.25, 0.3) is 0 Å². The molecule has 1 heterocycles. The third-order valence-corrected chi connectivity index (χ3v) is 2.91. The van der Waals surface area contributed by atoms with Gasteiger partial charge in [0.05, 0.1) is 6.61 Å². The smallest absolute Gasteiger partial charge is 0.163 e. The summed E-state index contributed by atoms with van der Waals surface area (Å²) in [4.78, 5) is 0. The predicted octanol–water partition coefficient (Wildman–Crippen LogP) is 2.92. The SMILES string of the molecule is CCc1ccc(OCC2COC(C)(C)O2)cc1F. The van der Waals surface area contributed by atoms with Crippen molar-refractivity contribution in [2.45, 2.75) is 39.1 Å². The van der Waals surface area contributed by atoms with Gasteiger partial charge in [-0.25, -0.2) is 4.39 Å². The number of aryl methyl sites for hydroxylation is 1. The minimum absolute atomic E-state index is 0.103. The molecule has 100 valence electrons. The van der Waals surface area contributed by atoms with Crippen LogP contribution in [0.2, 0.25) is 0 Å². The highest BCUT2D eigenvalue weighted by Crippen LogP contribution is 2.23. The van der Waals surface area contributed by atoms with Crippen molar-refractivity contribution in [3.8, 4) is 5.75 Å². The summed E-state index contributed by atoms with van der Waals surface area (Å²) in [7, 11) is 0. The van der Waals surface area contributed by atoms with Crippen LogP contribution in [0.1, 0.15) is 26.3 Å². The number of benzene rings is 1. The van der Waals surface area contributed by atoms with Crippen molar-refractivity contribution < 1.29 is 18.6 Å². The van der Waals surface area contributed by atoms with Crippen LogP contribution in [-0.2, 0) is 15.9 Å². The summed E-state index contributed by atoms with van der Waals surface area (Å²) in [6.07, 6.45) is 0.578. The van der Waals surface area contributed by atoms with Crippen molar-refractivity contribution in [2.24, 2.45) is 0 Å². The Morgan fingerprint density at radius 1 is 1.44 bits per heavy atom. The molecule has 0 aliphatic carbocycles. The Bertz CT molecular complexity index is 418. The molecule has 1 saturated heterocycles. The summed E-state index contributed by atoms with van der Waals surface area (Å²) in [6.45, 7) is 6.52. The van der Waals surface area contributed by atoms with Crippen molar-refractivity contribution in [3.63, 3.8) is 0 Å². The lowest BCUT2D eigenvalue weighted by molar-refractivity contribution is -0.141. The molecule has 0 radical (unpaired) electrons. The van der Waals surface area contributed by atoms with Gasteiger partial charge in [-0.05, 0) is 31.9 Å². The van der Waals surface area contributed by atoms with Crippen LogP contribution in [0.15, 0.2) is 18.2 Å². The van der Waals surface area contributed by atoms with E-state index in [9.17, 15) is 4.39 Å². The van der Waals surface area contributed by atoms with Crippen LogP contribution in [0.3, 0.4) is 0 Å². The van der Waals surface area contributed by atoms with E-state index >= 15 is 0 Å². The van der Waals surface area contributed by atoms with E-state index in [1.807, 2.05) is 20.8 Å². The third-order valence-electron chi connectivity index (χ3n) is 2.91. The Morgan fingerprint density at radius 2 is 2.22 bits per heavy atom. The van der Waals surface area contributed by atoms with Gasteiger partial charge in [-0.3, -0.25) is 0 Å². The first-order valence-corrected chi connectivity index (χ1v) is 6.23. The van der Waals surface area contributed by atoms with E-state index in [1.165, 1.54) is 6.07 Å². The van der Waals surface area contributed by atoms with Gasteiger partial charge >= 0.3 is 0 Å². The summed E-state index contributed by atoms with van der Waals surface area (Å²) >= 11 is 0. The van der Waals surface area contributed by atoms with Crippen molar-refractivity contribution in [2.75, 3.05) is 13.2 Å². The Morgan fingerprint density at radius 3 is 2.78 bits per heavy atom. The Balaban J connectivity index is 1.89. The van der Waals surface area contributed by atoms with Crippen molar-refractivity contribution >= 4 is 0 Å². The van der Waals surface area contributed by atoms with Crippen molar-refractivity contribution in [3.05, 3.63) is 29.6 Å². The molecule has 1 fully saturated rings. The van der Waals surface area contributed by atoms with Gasteiger partial charge in [-0.2, -0.15) is 0 Å². The monoisotopic (exact) mass is 254 g/mol. The van der Waals surface area contributed by atoms with Crippen LogP contribution in [-0.4, -0.2) is 25.1 Å². The number of rotatable bonds is 4. The highest BCUT2D eigenvalue weighted by atomic mass is 19.1. The fourth-order valence-corrected chi connectivity index (χ4v) is 1.94. The van der Waals surface area contributed by atoms with Crippen LogP contribution in [0.5, 0.6) is 5.75 Å². The minimum atomic E-state index is -0.550. The lowest BCUT2D eigenvalue weighted by Crippen LogP contribution is -2.25. The van der Waals surface area contributed by atoms with Gasteiger partial charge < -0.3 is 14.2 Å². The molecule has 0 spiro atoms. The van der Waals surface area contributed by atoms with Gasteiger partial charge in [0.2, 0.25) is 0 Å². The molecule has 0 bridgehead atoms. The van der Waals surface area contributed by atoms with Crippen molar-refractivity contribution in [1.29, 1.82) is 0 Å². The van der Waals surface area contributed by atoms with E-state index in [4.69, 9.17) is 14.2 Å². The number of hydrogen-bond acceptors (Lipinski definition) is 3. The number of halogens is 1. The molecule has 1 aromatic rings. The molecule has 1 aromatic carbocycles. The van der Waals surface area contributed by atoms with Gasteiger partial charge in [-0.1, -0.05) is 13.0 Å². The zero-order valence-corrected chi connectivity index (χ0v) is 11.0. The largest absolute Gasteiger partial charge is 0.491 e. The molecule has 1 atom stereocenters. The molecule has 0 amide bonds. The molecule has 0 N–H and O–H groups in total. The normalized spacial score (nSPS) is 22.1. The van der Waals surface area contributed by atoms with E-state index in [0.717, 1.165) is 0 Å². The Labute approximate surface area is 107 Å². The first-order chi connectivity index (χ1) is 8.50. The van der Waals surface area contributed by atoms with Crippen LogP contribution < -0.4 is 4.74 Å². The van der Waals surface area contributed by atoms with Crippen LogP contribution >= 0.6 is 0 Å². The molecule has 2 rings (SSSR count). The first kappa shape index (κ1) is 13.3. The zero-order valence-electron chi connectivity index (χ0n) is 11.0. The number of hydrogen-bond donors (Lipinski definition) is 0. The zero-order chi connectivity index (χ0) is 13.2. The average molecular weight is 254 g/mol. The van der Waals surface area contributed by atoms with E-state index in [0.29, 0.717) is 30.9 Å². The molecule has 4 heteroatoms. The topological polar surface area (TPSA) is 27.7 Å². The maximum absolute atomic E-state index is 13.5. The fraction of sp³-hybridized carbons (Fsp3) is 0.571. The Hall–Kier alpha value is -1.13. The second-order valence-corrected chi connectivity index (χ2v) is 4.87. The maximum Gasteiger partial charge on any atom is 0.163 e. The summed E-state index contributed by atoms with van der Waals surface area (Å²) in [5.74, 6) is -0.248. The quantitative estimate of drug-likeness (QED) is 0.827. The van der Waals surface area contributed by atoms with E-state index < -0.39 is 5.79 Å². The maximum atomic E-state index is 13.5. The second-order valence-electron chi connectivity index (χ2n) is 4.87. The fourth-order valence-electron chi connectivity index (χ4n) is 1.94. The van der Waals surface area contributed by atoms with Gasteiger partial charge in [0.25, 0.3) is 0 Å². The highest BCUT2D eigenvalue weighted by Gasteiger charge is 2.32. The molecule has 1 aliphatic heterocycles. The average Bonchev–Trinajstić information content (AvgIpc) is 2.66. The summed E-state index contributed by atoms with van der Waals surface area (Å²) in [5.41, 5.74) is 0.698. The van der Waals surface area contributed by atoms with Crippen LogP contribution in [0, 0.1) is 5.82 Å². The molecule has 18 heavy (non-hydrogen) atoms. The summed E-state index contributed by atoms with van der Waals surface area (Å²) in [6, 6.07) is 4.95. The highest BCUT2D eigenvalue weighted by molar-refractivity contribution is 5.28. The molecule has 1 aliphatic rings. The molecule has 3 nitrogen and oxygen atoms in total. The van der Waals surface area contributed by atoms with E-state index in [1.54, 1.807) is 12.1 Å². The lowest BCUT2D eigenvalue weighted by atomic mass is 10.1. The van der Waals surface area contributed by atoms with Gasteiger partial charge in [0, 0.05) is 6.07 Å². The van der Waals surface area contributed by atoms with Crippen LogP contribution in [0.4, 0.5) is 4.39 Å². The summed E-state index contributed by atoms with van der Waals surface area (Å²) in [5, 5.41) is 0. The predicted molar refractivity (Wildman–Crippen MR) is 66.2 cm³/mol. The molecule has 1 unspecified atom stereocenters. The van der Waals surface area contributed by atoms with Gasteiger partial charge in [0.1, 0.15) is 24.3 Å². The van der Waals surface area contributed by atoms with Crippen molar-refractivity contribution in [1.82, 2.24) is 0 Å². The van der Waals surface area contributed by atoms with Gasteiger partial charge in [-0.15, -0.1) is 0 Å². The minimum Gasteiger partial charge on any atom is -0.491 e. The molecular formula is C14H19FO3. The standard InChI is InChI=1S/C14H19FO3/c1-4-10-5-6-11(7-13(10)15)16-8-12-9-17-14(2,3)18-12/h5-7,12H,4,8-9H2,1-3H3.